The Balaban J connectivity index is 2.13. The van der Waals surface area contributed by atoms with E-state index in [9.17, 15) is 4.79 Å². The maximum atomic E-state index is 11.9. The fourth-order valence-electron chi connectivity index (χ4n) is 1.48. The molecule has 0 aliphatic heterocycles. The van der Waals surface area contributed by atoms with Crippen LogP contribution in [0.1, 0.15) is 29.1 Å². The van der Waals surface area contributed by atoms with Crippen LogP contribution in [0.25, 0.3) is 0 Å². The third kappa shape index (κ3) is 2.62. The Bertz CT molecular complexity index is 560. The summed E-state index contributed by atoms with van der Waals surface area (Å²) in [5.74, 6) is 0.500. The zero-order valence-electron chi connectivity index (χ0n) is 9.27. The summed E-state index contributed by atoms with van der Waals surface area (Å²) in [6.07, 6.45) is 3.27. The molecule has 0 bridgehead atoms. The number of carbonyl (C=O) groups excluding carboxylic acids is 1. The first-order chi connectivity index (χ1) is 8.18. The van der Waals surface area contributed by atoms with Crippen LogP contribution in [-0.2, 0) is 0 Å². The lowest BCUT2D eigenvalue weighted by molar-refractivity contribution is 0.0934. The van der Waals surface area contributed by atoms with Crippen molar-refractivity contribution in [2.45, 2.75) is 13.0 Å². The van der Waals surface area contributed by atoms with Crippen molar-refractivity contribution < 1.29 is 9.21 Å². The summed E-state index contributed by atoms with van der Waals surface area (Å²) in [4.78, 5) is 14.8. The number of pyridine rings is 1. The SMILES string of the molecule is CC(NC(=O)c1ccc[nH]c1=S)c1ccco1. The van der Waals surface area contributed by atoms with E-state index < -0.39 is 0 Å². The smallest absolute Gasteiger partial charge is 0.254 e. The monoisotopic (exact) mass is 248 g/mol. The van der Waals surface area contributed by atoms with Crippen LogP contribution in [0.5, 0.6) is 0 Å². The normalized spacial score (nSPS) is 12.1. The molecule has 2 rings (SSSR count). The molecular weight excluding hydrogens is 236 g/mol. The van der Waals surface area contributed by atoms with Gasteiger partial charge >= 0.3 is 0 Å². The van der Waals surface area contributed by atoms with E-state index in [1.165, 1.54) is 0 Å². The Morgan fingerprint density at radius 1 is 1.47 bits per heavy atom. The average Bonchev–Trinajstić information content (AvgIpc) is 2.82. The molecule has 2 heterocycles. The fraction of sp³-hybridized carbons (Fsp3) is 0.167. The summed E-state index contributed by atoms with van der Waals surface area (Å²) in [6, 6.07) is 6.83. The van der Waals surface area contributed by atoms with Crippen molar-refractivity contribution in [1.82, 2.24) is 10.3 Å². The maximum absolute atomic E-state index is 11.9. The number of nitrogens with one attached hydrogen (secondary N) is 2. The topological polar surface area (TPSA) is 58.0 Å². The average molecular weight is 248 g/mol. The number of aromatic nitrogens is 1. The van der Waals surface area contributed by atoms with Gasteiger partial charge in [0.05, 0.1) is 17.9 Å². The van der Waals surface area contributed by atoms with Gasteiger partial charge in [-0.25, -0.2) is 0 Å². The highest BCUT2D eigenvalue weighted by molar-refractivity contribution is 7.71. The molecule has 0 spiro atoms. The summed E-state index contributed by atoms with van der Waals surface area (Å²) in [7, 11) is 0. The number of aromatic amines is 1. The Morgan fingerprint density at radius 2 is 2.29 bits per heavy atom. The molecule has 0 aliphatic rings. The summed E-state index contributed by atoms with van der Waals surface area (Å²) in [5.41, 5.74) is 0.459. The van der Waals surface area contributed by atoms with Crippen molar-refractivity contribution in [1.29, 1.82) is 0 Å². The second kappa shape index (κ2) is 4.97. The highest BCUT2D eigenvalue weighted by Gasteiger charge is 2.14. The van der Waals surface area contributed by atoms with Gasteiger partial charge in [-0.15, -0.1) is 0 Å². The third-order valence-electron chi connectivity index (χ3n) is 2.38. The first kappa shape index (κ1) is 11.6. The molecule has 0 saturated carbocycles. The number of hydrogen-bond acceptors (Lipinski definition) is 3. The molecule has 0 radical (unpaired) electrons. The summed E-state index contributed by atoms with van der Waals surface area (Å²) in [5, 5.41) is 2.82. The van der Waals surface area contributed by atoms with Gasteiger partial charge in [0.2, 0.25) is 0 Å². The van der Waals surface area contributed by atoms with Gasteiger partial charge in [0.25, 0.3) is 5.91 Å². The Kier molecular flexibility index (Phi) is 3.39. The molecule has 88 valence electrons. The second-order valence-corrected chi connectivity index (χ2v) is 4.03. The minimum atomic E-state index is -0.212. The number of carbonyl (C=O) groups is 1. The molecule has 1 atom stereocenters. The molecule has 1 amide bonds. The van der Waals surface area contributed by atoms with E-state index in [-0.39, 0.29) is 11.9 Å². The summed E-state index contributed by atoms with van der Waals surface area (Å²) < 4.78 is 5.64. The molecule has 2 aromatic rings. The molecule has 4 nitrogen and oxygen atoms in total. The van der Waals surface area contributed by atoms with Crippen LogP contribution in [0.15, 0.2) is 41.1 Å². The summed E-state index contributed by atoms with van der Waals surface area (Å²) in [6.45, 7) is 1.85. The fourth-order valence-corrected chi connectivity index (χ4v) is 1.71. The molecular formula is C12H12N2O2S. The quantitative estimate of drug-likeness (QED) is 0.821. The maximum Gasteiger partial charge on any atom is 0.254 e. The van der Waals surface area contributed by atoms with E-state index in [0.29, 0.717) is 16.0 Å². The van der Waals surface area contributed by atoms with E-state index >= 15 is 0 Å². The molecule has 2 N–H and O–H groups in total. The lowest BCUT2D eigenvalue weighted by Gasteiger charge is -2.11. The van der Waals surface area contributed by atoms with Gasteiger partial charge < -0.3 is 14.7 Å². The first-order valence-corrected chi connectivity index (χ1v) is 5.61. The molecule has 0 fully saturated rings. The van der Waals surface area contributed by atoms with Crippen LogP contribution in [0, 0.1) is 4.64 Å². The molecule has 5 heteroatoms. The largest absolute Gasteiger partial charge is 0.467 e. The lowest BCUT2D eigenvalue weighted by Crippen LogP contribution is -2.26. The van der Waals surface area contributed by atoms with Crippen molar-refractivity contribution in [2.24, 2.45) is 0 Å². The van der Waals surface area contributed by atoms with E-state index in [1.807, 2.05) is 13.0 Å². The van der Waals surface area contributed by atoms with Crippen molar-refractivity contribution in [3.63, 3.8) is 0 Å². The van der Waals surface area contributed by atoms with Crippen molar-refractivity contribution >= 4 is 18.1 Å². The summed E-state index contributed by atoms with van der Waals surface area (Å²) >= 11 is 5.04. The predicted octanol–water partition coefficient (Wildman–Crippen LogP) is 2.83. The van der Waals surface area contributed by atoms with E-state index in [1.54, 1.807) is 30.7 Å². The zero-order chi connectivity index (χ0) is 12.3. The van der Waals surface area contributed by atoms with Gasteiger partial charge in [0, 0.05) is 6.20 Å². The van der Waals surface area contributed by atoms with Crippen molar-refractivity contribution in [3.05, 3.63) is 52.7 Å². The lowest BCUT2D eigenvalue weighted by atomic mass is 10.2. The van der Waals surface area contributed by atoms with Gasteiger partial charge in [-0.05, 0) is 31.2 Å². The zero-order valence-corrected chi connectivity index (χ0v) is 10.1. The second-order valence-electron chi connectivity index (χ2n) is 3.62. The predicted molar refractivity (Wildman–Crippen MR) is 66.2 cm³/mol. The van der Waals surface area contributed by atoms with E-state index in [0.717, 1.165) is 0 Å². The number of rotatable bonds is 3. The molecule has 0 saturated heterocycles. The third-order valence-corrected chi connectivity index (χ3v) is 2.72. The number of hydrogen-bond donors (Lipinski definition) is 2. The minimum absolute atomic E-state index is 0.188. The van der Waals surface area contributed by atoms with Gasteiger partial charge in [0.1, 0.15) is 10.4 Å². The molecule has 17 heavy (non-hydrogen) atoms. The van der Waals surface area contributed by atoms with Crippen LogP contribution >= 0.6 is 12.2 Å². The van der Waals surface area contributed by atoms with Gasteiger partial charge in [-0.1, -0.05) is 12.2 Å². The molecule has 2 aromatic heterocycles. The Hall–Kier alpha value is -1.88. The number of furan rings is 1. The first-order valence-electron chi connectivity index (χ1n) is 5.20. The van der Waals surface area contributed by atoms with Crippen LogP contribution in [0.3, 0.4) is 0 Å². The van der Waals surface area contributed by atoms with Crippen LogP contribution in [-0.4, -0.2) is 10.9 Å². The van der Waals surface area contributed by atoms with Crippen molar-refractivity contribution in [3.8, 4) is 0 Å². The minimum Gasteiger partial charge on any atom is -0.467 e. The number of H-pyrrole nitrogens is 1. The Labute approximate surface area is 104 Å². The van der Waals surface area contributed by atoms with Crippen LogP contribution in [0.2, 0.25) is 0 Å². The van der Waals surface area contributed by atoms with E-state index in [2.05, 4.69) is 10.3 Å². The van der Waals surface area contributed by atoms with Crippen LogP contribution < -0.4 is 5.32 Å². The molecule has 0 aromatic carbocycles. The van der Waals surface area contributed by atoms with Crippen molar-refractivity contribution in [2.75, 3.05) is 0 Å². The van der Waals surface area contributed by atoms with Gasteiger partial charge in [-0.3, -0.25) is 4.79 Å². The van der Waals surface area contributed by atoms with E-state index in [4.69, 9.17) is 16.6 Å². The van der Waals surface area contributed by atoms with Gasteiger partial charge in [-0.2, -0.15) is 0 Å². The van der Waals surface area contributed by atoms with Crippen LogP contribution in [0.4, 0.5) is 0 Å². The standard InChI is InChI=1S/C12H12N2O2S/c1-8(10-5-3-7-16-10)14-11(15)9-4-2-6-13-12(9)17/h2-8H,1H3,(H,13,17)(H,14,15). The highest BCUT2D eigenvalue weighted by Crippen LogP contribution is 2.13. The molecule has 0 aliphatic carbocycles. The van der Waals surface area contributed by atoms with Gasteiger partial charge in [0.15, 0.2) is 0 Å². The molecule has 1 unspecified atom stereocenters. The highest BCUT2D eigenvalue weighted by atomic mass is 32.1. The number of amides is 1. The Morgan fingerprint density at radius 3 is 2.94 bits per heavy atom.